The van der Waals surface area contributed by atoms with Gasteiger partial charge in [0.15, 0.2) is 0 Å². The summed E-state index contributed by atoms with van der Waals surface area (Å²) in [4.78, 5) is 0. The fourth-order valence-electron chi connectivity index (χ4n) is 2.95. The second-order valence-electron chi connectivity index (χ2n) is 6.05. The second-order valence-corrected chi connectivity index (χ2v) is 8.04. The molecule has 1 fully saturated rings. The van der Waals surface area contributed by atoms with Gasteiger partial charge in [-0.3, -0.25) is 0 Å². The van der Waals surface area contributed by atoms with Crippen LogP contribution in [-0.2, 0) is 10.2 Å². The molecule has 1 heterocycles. The van der Waals surface area contributed by atoms with E-state index < -0.39 is 10.2 Å². The number of piperidine rings is 1. The van der Waals surface area contributed by atoms with Gasteiger partial charge in [0.2, 0.25) is 0 Å². The summed E-state index contributed by atoms with van der Waals surface area (Å²) in [5.41, 5.74) is 0.876. The summed E-state index contributed by atoms with van der Waals surface area (Å²) in [5.74, 6) is 1.13. The van der Waals surface area contributed by atoms with E-state index in [1.807, 2.05) is 31.2 Å². The minimum atomic E-state index is -3.46. The number of nitrogens with zero attached hydrogens (tertiary/aromatic N) is 2. The van der Waals surface area contributed by atoms with E-state index in [0.29, 0.717) is 24.8 Å². The van der Waals surface area contributed by atoms with Crippen LogP contribution in [-0.4, -0.2) is 44.3 Å². The van der Waals surface area contributed by atoms with E-state index in [-0.39, 0.29) is 6.04 Å². The normalized spacial score (nSPS) is 21.8. The van der Waals surface area contributed by atoms with Gasteiger partial charge in [-0.25, -0.2) is 0 Å². The molecule has 0 amide bonds. The van der Waals surface area contributed by atoms with Crippen molar-refractivity contribution in [1.29, 1.82) is 0 Å². The zero-order valence-corrected chi connectivity index (χ0v) is 14.6. The zero-order chi connectivity index (χ0) is 16.3. The van der Waals surface area contributed by atoms with Gasteiger partial charge in [0.05, 0.1) is 13.2 Å². The Labute approximate surface area is 134 Å². The Morgan fingerprint density at radius 2 is 2.05 bits per heavy atom. The molecule has 22 heavy (non-hydrogen) atoms. The molecular weight excluding hydrogens is 300 g/mol. The maximum absolute atomic E-state index is 12.9. The number of benzene rings is 1. The van der Waals surface area contributed by atoms with Crippen molar-refractivity contribution in [2.75, 3.05) is 27.2 Å². The molecule has 0 bridgehead atoms. The first-order valence-electron chi connectivity index (χ1n) is 7.74. The second kappa shape index (κ2) is 6.98. The lowest BCUT2D eigenvalue weighted by molar-refractivity contribution is 0.254. The number of hydrogen-bond acceptors (Lipinski definition) is 3. The Morgan fingerprint density at radius 3 is 2.68 bits per heavy atom. The monoisotopic (exact) mass is 326 g/mol. The molecule has 1 saturated heterocycles. The summed E-state index contributed by atoms with van der Waals surface area (Å²) >= 11 is 0. The highest BCUT2D eigenvalue weighted by molar-refractivity contribution is 7.86. The van der Waals surface area contributed by atoms with Crippen molar-refractivity contribution >= 4 is 10.2 Å². The van der Waals surface area contributed by atoms with Gasteiger partial charge in [0.25, 0.3) is 10.2 Å². The molecule has 1 aromatic rings. The van der Waals surface area contributed by atoms with Gasteiger partial charge in [0.1, 0.15) is 5.75 Å². The fraction of sp³-hybridized carbons (Fsp3) is 0.625. The van der Waals surface area contributed by atoms with Crippen molar-refractivity contribution in [3.63, 3.8) is 0 Å². The maximum atomic E-state index is 12.9. The Kier molecular flexibility index (Phi) is 5.47. The van der Waals surface area contributed by atoms with Crippen molar-refractivity contribution in [3.8, 4) is 5.75 Å². The molecule has 2 rings (SSSR count). The number of hydrogen-bond donors (Lipinski definition) is 0. The standard InChI is InChI=1S/C16H26N2O3S/c1-13-8-7-11-18(12-13)22(19,20)17(3)14(2)15-9-5-6-10-16(15)21-4/h5-6,9-10,13-14H,7-8,11-12H2,1-4H3/t13-,14+/m1/s1. The van der Waals surface area contributed by atoms with Crippen LogP contribution in [0.4, 0.5) is 0 Å². The molecule has 2 atom stereocenters. The Hall–Kier alpha value is -1.11. The lowest BCUT2D eigenvalue weighted by Crippen LogP contribution is -2.46. The summed E-state index contributed by atoms with van der Waals surface area (Å²) < 4.78 is 34.1. The van der Waals surface area contributed by atoms with Gasteiger partial charge in [-0.1, -0.05) is 25.1 Å². The van der Waals surface area contributed by atoms with E-state index in [0.717, 1.165) is 18.4 Å². The quantitative estimate of drug-likeness (QED) is 0.836. The van der Waals surface area contributed by atoms with Gasteiger partial charge in [-0.2, -0.15) is 17.0 Å². The first-order chi connectivity index (χ1) is 10.4. The van der Waals surface area contributed by atoms with Crippen LogP contribution in [0.1, 0.15) is 38.3 Å². The minimum absolute atomic E-state index is 0.279. The fourth-order valence-corrected chi connectivity index (χ4v) is 4.63. The summed E-state index contributed by atoms with van der Waals surface area (Å²) in [6, 6.07) is 7.27. The Morgan fingerprint density at radius 1 is 1.36 bits per heavy atom. The molecule has 1 aromatic carbocycles. The summed E-state index contributed by atoms with van der Waals surface area (Å²) in [7, 11) is -0.208. The molecule has 0 aliphatic carbocycles. The Balaban J connectivity index is 2.23. The number of methoxy groups -OCH3 is 1. The first kappa shape index (κ1) is 17.2. The average Bonchev–Trinajstić information content (AvgIpc) is 2.53. The zero-order valence-electron chi connectivity index (χ0n) is 13.8. The smallest absolute Gasteiger partial charge is 0.282 e. The lowest BCUT2D eigenvalue weighted by atomic mass is 10.0. The van der Waals surface area contributed by atoms with Crippen molar-refractivity contribution in [2.45, 2.75) is 32.7 Å². The van der Waals surface area contributed by atoms with E-state index >= 15 is 0 Å². The highest BCUT2D eigenvalue weighted by atomic mass is 32.2. The lowest BCUT2D eigenvalue weighted by Gasteiger charge is -2.35. The third-order valence-corrected chi connectivity index (χ3v) is 6.47. The van der Waals surface area contributed by atoms with Crippen LogP contribution in [0.25, 0.3) is 0 Å². The molecule has 0 unspecified atom stereocenters. The van der Waals surface area contributed by atoms with Crippen LogP contribution in [0.15, 0.2) is 24.3 Å². The third kappa shape index (κ3) is 3.45. The Bertz CT molecular complexity index is 603. The first-order valence-corrected chi connectivity index (χ1v) is 9.13. The van der Waals surface area contributed by atoms with Crippen molar-refractivity contribution < 1.29 is 13.2 Å². The summed E-state index contributed by atoms with van der Waals surface area (Å²) in [5, 5.41) is 0. The molecule has 0 N–H and O–H groups in total. The van der Waals surface area contributed by atoms with E-state index in [2.05, 4.69) is 6.92 Å². The van der Waals surface area contributed by atoms with Crippen molar-refractivity contribution in [1.82, 2.24) is 8.61 Å². The largest absolute Gasteiger partial charge is 0.496 e. The van der Waals surface area contributed by atoms with Gasteiger partial charge in [-0.05, 0) is 31.7 Å². The molecule has 0 radical (unpaired) electrons. The number of rotatable bonds is 5. The molecular formula is C16H26N2O3S. The van der Waals surface area contributed by atoms with Crippen LogP contribution in [0.3, 0.4) is 0 Å². The van der Waals surface area contributed by atoms with E-state index in [1.165, 1.54) is 4.31 Å². The molecule has 0 aromatic heterocycles. The van der Waals surface area contributed by atoms with Gasteiger partial charge in [0, 0.05) is 25.7 Å². The van der Waals surface area contributed by atoms with E-state index in [9.17, 15) is 8.42 Å². The van der Waals surface area contributed by atoms with Gasteiger partial charge >= 0.3 is 0 Å². The molecule has 5 nitrogen and oxygen atoms in total. The minimum Gasteiger partial charge on any atom is -0.496 e. The predicted molar refractivity (Wildman–Crippen MR) is 88.1 cm³/mol. The van der Waals surface area contributed by atoms with Gasteiger partial charge in [-0.15, -0.1) is 0 Å². The molecule has 1 aliphatic rings. The maximum Gasteiger partial charge on any atom is 0.282 e. The molecule has 6 heteroatoms. The van der Waals surface area contributed by atoms with Gasteiger partial charge < -0.3 is 4.74 Å². The highest BCUT2D eigenvalue weighted by Gasteiger charge is 2.33. The van der Waals surface area contributed by atoms with Crippen molar-refractivity contribution in [2.24, 2.45) is 5.92 Å². The van der Waals surface area contributed by atoms with Crippen molar-refractivity contribution in [3.05, 3.63) is 29.8 Å². The van der Waals surface area contributed by atoms with E-state index in [1.54, 1.807) is 18.5 Å². The highest BCUT2D eigenvalue weighted by Crippen LogP contribution is 2.31. The van der Waals surface area contributed by atoms with Crippen LogP contribution < -0.4 is 4.74 Å². The van der Waals surface area contributed by atoms with Crippen LogP contribution in [0.5, 0.6) is 5.75 Å². The summed E-state index contributed by atoms with van der Waals surface area (Å²) in [6.45, 7) is 5.20. The molecule has 0 spiro atoms. The SMILES string of the molecule is COc1ccccc1[C@H](C)N(C)S(=O)(=O)N1CCC[C@@H](C)C1. The third-order valence-electron chi connectivity index (χ3n) is 4.44. The van der Waals surface area contributed by atoms with Crippen LogP contribution in [0, 0.1) is 5.92 Å². The van der Waals surface area contributed by atoms with Crippen LogP contribution in [0.2, 0.25) is 0 Å². The molecule has 0 saturated carbocycles. The summed E-state index contributed by atoms with van der Waals surface area (Å²) in [6.07, 6.45) is 2.02. The average molecular weight is 326 g/mol. The topological polar surface area (TPSA) is 49.9 Å². The predicted octanol–water partition coefficient (Wildman–Crippen LogP) is 2.66. The molecule has 124 valence electrons. The number of para-hydroxylation sites is 1. The van der Waals surface area contributed by atoms with Crippen LogP contribution >= 0.6 is 0 Å². The number of ether oxygens (including phenoxy) is 1. The van der Waals surface area contributed by atoms with E-state index in [4.69, 9.17) is 4.74 Å². The molecule has 1 aliphatic heterocycles.